The first-order valence-corrected chi connectivity index (χ1v) is 5.78. The molecular weight excluding hydrogens is 254 g/mol. The van der Waals surface area contributed by atoms with Crippen molar-refractivity contribution >= 4 is 26.8 Å². The Bertz CT molecular complexity index is 476. The second-order valence-corrected chi connectivity index (χ2v) is 4.33. The predicted molar refractivity (Wildman–Crippen MR) is 66.0 cm³/mol. The number of hydrogen-bond acceptors (Lipinski definition) is 2. The van der Waals surface area contributed by atoms with E-state index in [1.165, 1.54) is 16.5 Å². The van der Waals surface area contributed by atoms with Gasteiger partial charge in [0.2, 0.25) is 0 Å². The summed E-state index contributed by atoms with van der Waals surface area (Å²) in [6.45, 7) is 0.988. The summed E-state index contributed by atoms with van der Waals surface area (Å²) in [5, 5.41) is 8.72. The molecule has 0 amide bonds. The highest BCUT2D eigenvalue weighted by Gasteiger charge is 2.09. The van der Waals surface area contributed by atoms with E-state index in [2.05, 4.69) is 44.5 Å². The molecule has 0 aliphatic heterocycles. The first-order valence-electron chi connectivity index (χ1n) is 4.98. The SMILES string of the molecule is CNCCc1cccc2c(Br)nn(C)c12. The van der Waals surface area contributed by atoms with E-state index < -0.39 is 0 Å². The minimum Gasteiger partial charge on any atom is -0.319 e. The lowest BCUT2D eigenvalue weighted by atomic mass is 10.1. The molecule has 0 saturated heterocycles. The zero-order valence-corrected chi connectivity index (χ0v) is 10.5. The van der Waals surface area contributed by atoms with E-state index in [4.69, 9.17) is 0 Å². The molecule has 1 aromatic heterocycles. The second kappa shape index (κ2) is 4.33. The van der Waals surface area contributed by atoms with Crippen molar-refractivity contribution in [3.8, 4) is 0 Å². The Labute approximate surface area is 97.6 Å². The van der Waals surface area contributed by atoms with Gasteiger partial charge in [0.25, 0.3) is 0 Å². The lowest BCUT2D eigenvalue weighted by molar-refractivity contribution is 0.766. The molecule has 15 heavy (non-hydrogen) atoms. The van der Waals surface area contributed by atoms with Crippen LogP contribution in [0.2, 0.25) is 0 Å². The van der Waals surface area contributed by atoms with Gasteiger partial charge in [0.1, 0.15) is 4.60 Å². The minimum atomic E-state index is 0.923. The van der Waals surface area contributed by atoms with Crippen molar-refractivity contribution in [3.63, 3.8) is 0 Å². The molecule has 2 aromatic rings. The molecule has 2 rings (SSSR count). The number of hydrogen-bond donors (Lipinski definition) is 1. The number of aromatic nitrogens is 2. The van der Waals surface area contributed by atoms with Crippen LogP contribution in [0, 0.1) is 0 Å². The molecule has 0 radical (unpaired) electrons. The molecule has 1 N–H and O–H groups in total. The Morgan fingerprint density at radius 3 is 3.00 bits per heavy atom. The van der Waals surface area contributed by atoms with E-state index in [0.717, 1.165) is 17.6 Å². The van der Waals surface area contributed by atoms with E-state index in [1.54, 1.807) is 0 Å². The third-order valence-electron chi connectivity index (χ3n) is 2.55. The van der Waals surface area contributed by atoms with E-state index >= 15 is 0 Å². The first kappa shape index (κ1) is 10.6. The Morgan fingerprint density at radius 2 is 2.27 bits per heavy atom. The number of nitrogens with zero attached hydrogens (tertiary/aromatic N) is 2. The van der Waals surface area contributed by atoms with Crippen molar-refractivity contribution in [1.82, 2.24) is 15.1 Å². The van der Waals surface area contributed by atoms with Crippen molar-refractivity contribution in [1.29, 1.82) is 0 Å². The average molecular weight is 268 g/mol. The fourth-order valence-corrected chi connectivity index (χ4v) is 2.39. The maximum absolute atomic E-state index is 4.37. The molecule has 1 aromatic carbocycles. The normalized spacial score (nSPS) is 11.1. The zero-order valence-electron chi connectivity index (χ0n) is 8.92. The topological polar surface area (TPSA) is 29.9 Å². The largest absolute Gasteiger partial charge is 0.319 e. The molecule has 0 atom stereocenters. The van der Waals surface area contributed by atoms with Crippen LogP contribution in [-0.4, -0.2) is 23.4 Å². The smallest absolute Gasteiger partial charge is 0.135 e. The Balaban J connectivity index is 2.54. The average Bonchev–Trinajstić information content (AvgIpc) is 2.53. The number of para-hydroxylation sites is 1. The third kappa shape index (κ3) is 1.92. The summed E-state index contributed by atoms with van der Waals surface area (Å²) in [4.78, 5) is 0. The van der Waals surface area contributed by atoms with Crippen LogP contribution in [0.4, 0.5) is 0 Å². The van der Waals surface area contributed by atoms with Crippen molar-refractivity contribution in [2.45, 2.75) is 6.42 Å². The predicted octanol–water partition coefficient (Wildman–Crippen LogP) is 2.10. The minimum absolute atomic E-state index is 0.923. The van der Waals surface area contributed by atoms with Gasteiger partial charge in [-0.3, -0.25) is 4.68 Å². The first-order chi connectivity index (χ1) is 7.24. The summed E-state index contributed by atoms with van der Waals surface area (Å²) in [6.07, 6.45) is 1.03. The summed E-state index contributed by atoms with van der Waals surface area (Å²) in [5.74, 6) is 0. The maximum Gasteiger partial charge on any atom is 0.135 e. The van der Waals surface area contributed by atoms with Crippen LogP contribution in [0.5, 0.6) is 0 Å². The van der Waals surface area contributed by atoms with Crippen LogP contribution in [0.25, 0.3) is 10.9 Å². The number of aryl methyl sites for hydroxylation is 1. The molecule has 0 fully saturated rings. The summed E-state index contributed by atoms with van der Waals surface area (Å²) in [5.41, 5.74) is 2.56. The van der Waals surface area contributed by atoms with Crippen LogP contribution < -0.4 is 5.32 Å². The van der Waals surface area contributed by atoms with E-state index in [9.17, 15) is 0 Å². The van der Waals surface area contributed by atoms with Gasteiger partial charge >= 0.3 is 0 Å². The van der Waals surface area contributed by atoms with Gasteiger partial charge < -0.3 is 5.32 Å². The van der Waals surface area contributed by atoms with Crippen molar-refractivity contribution in [2.75, 3.05) is 13.6 Å². The number of nitrogens with one attached hydrogen (secondary N) is 1. The van der Waals surface area contributed by atoms with Crippen LogP contribution in [0.1, 0.15) is 5.56 Å². The second-order valence-electron chi connectivity index (χ2n) is 3.58. The van der Waals surface area contributed by atoms with E-state index in [1.807, 2.05) is 18.8 Å². The molecule has 1 heterocycles. The molecule has 80 valence electrons. The summed E-state index contributed by atoms with van der Waals surface area (Å²) in [6, 6.07) is 6.34. The van der Waals surface area contributed by atoms with Crippen LogP contribution >= 0.6 is 15.9 Å². The molecule has 4 heteroatoms. The van der Waals surface area contributed by atoms with Gasteiger partial charge in [-0.05, 0) is 41.5 Å². The van der Waals surface area contributed by atoms with E-state index in [-0.39, 0.29) is 0 Å². The third-order valence-corrected chi connectivity index (χ3v) is 3.13. The monoisotopic (exact) mass is 267 g/mol. The fraction of sp³-hybridized carbons (Fsp3) is 0.364. The molecule has 0 saturated carbocycles. The summed E-state index contributed by atoms with van der Waals surface area (Å²) < 4.78 is 2.86. The molecule has 0 unspecified atom stereocenters. The van der Waals surface area contributed by atoms with Crippen molar-refractivity contribution < 1.29 is 0 Å². The quantitative estimate of drug-likeness (QED) is 0.923. The standard InChI is InChI=1S/C11H14BrN3/c1-13-7-6-8-4-3-5-9-10(8)15(2)14-11(9)12/h3-5,13H,6-7H2,1-2H3. The van der Waals surface area contributed by atoms with Crippen LogP contribution in [0.15, 0.2) is 22.8 Å². The van der Waals surface area contributed by atoms with Gasteiger partial charge in [-0.25, -0.2) is 0 Å². The highest BCUT2D eigenvalue weighted by molar-refractivity contribution is 9.10. The number of benzene rings is 1. The van der Waals surface area contributed by atoms with Crippen LogP contribution in [-0.2, 0) is 13.5 Å². The lowest BCUT2D eigenvalue weighted by Gasteiger charge is -2.04. The molecule has 0 bridgehead atoms. The molecule has 3 nitrogen and oxygen atoms in total. The Hall–Kier alpha value is -0.870. The van der Waals surface area contributed by atoms with E-state index in [0.29, 0.717) is 0 Å². The van der Waals surface area contributed by atoms with Crippen molar-refractivity contribution in [3.05, 3.63) is 28.4 Å². The van der Waals surface area contributed by atoms with Crippen molar-refractivity contribution in [2.24, 2.45) is 7.05 Å². The number of fused-ring (bicyclic) bond motifs is 1. The van der Waals surface area contributed by atoms with Gasteiger partial charge in [0, 0.05) is 12.4 Å². The van der Waals surface area contributed by atoms with Crippen LogP contribution in [0.3, 0.4) is 0 Å². The highest BCUT2D eigenvalue weighted by atomic mass is 79.9. The maximum atomic E-state index is 4.37. The molecule has 0 spiro atoms. The van der Waals surface area contributed by atoms with Gasteiger partial charge in [-0.1, -0.05) is 18.2 Å². The number of halogens is 1. The molecular formula is C11H14BrN3. The van der Waals surface area contributed by atoms with Gasteiger partial charge in [0.05, 0.1) is 5.52 Å². The van der Waals surface area contributed by atoms with Gasteiger partial charge in [-0.15, -0.1) is 0 Å². The summed E-state index contributed by atoms with van der Waals surface area (Å²) in [7, 11) is 3.95. The lowest BCUT2D eigenvalue weighted by Crippen LogP contribution is -2.11. The number of rotatable bonds is 3. The van der Waals surface area contributed by atoms with Gasteiger partial charge in [0.15, 0.2) is 0 Å². The fourth-order valence-electron chi connectivity index (χ4n) is 1.84. The highest BCUT2D eigenvalue weighted by Crippen LogP contribution is 2.25. The molecule has 0 aliphatic rings. The number of likely N-dealkylation sites (N-methyl/N-ethyl adjacent to an activating group) is 1. The Kier molecular flexibility index (Phi) is 3.07. The summed E-state index contributed by atoms with van der Waals surface area (Å²) >= 11 is 3.47. The van der Waals surface area contributed by atoms with Gasteiger partial charge in [-0.2, -0.15) is 5.10 Å². The zero-order chi connectivity index (χ0) is 10.8. The Morgan fingerprint density at radius 1 is 1.47 bits per heavy atom. The molecule has 0 aliphatic carbocycles.